The molecular formula is C13H11ClN4O2. The first-order valence-electron chi connectivity index (χ1n) is 5.91. The number of hydrogen-bond acceptors (Lipinski definition) is 3. The second-order valence-corrected chi connectivity index (χ2v) is 4.74. The van der Waals surface area contributed by atoms with Crippen LogP contribution in [0.15, 0.2) is 41.6 Å². The molecule has 6 nitrogen and oxygen atoms in total. The van der Waals surface area contributed by atoms with Crippen LogP contribution in [0.4, 0.5) is 0 Å². The summed E-state index contributed by atoms with van der Waals surface area (Å²) in [6.07, 6.45) is 3.53. The number of hydrogen-bond donors (Lipinski definition) is 3. The zero-order chi connectivity index (χ0) is 14.1. The first-order valence-corrected chi connectivity index (χ1v) is 6.29. The number of aromatic nitrogens is 4. The van der Waals surface area contributed by atoms with Gasteiger partial charge in [-0.25, -0.2) is 14.3 Å². The fourth-order valence-electron chi connectivity index (χ4n) is 2.02. The fraction of sp³-hybridized carbons (Fsp3) is 0.0769. The summed E-state index contributed by atoms with van der Waals surface area (Å²) in [7, 11) is 0. The minimum absolute atomic E-state index is 0.133. The first kappa shape index (κ1) is 12.6. The number of nitrogens with zero attached hydrogens (tertiary/aromatic N) is 2. The topological polar surface area (TPSA) is 86.7 Å². The molecule has 0 saturated heterocycles. The number of benzene rings is 1. The molecule has 7 heteroatoms. The maximum absolute atomic E-state index is 12.0. The van der Waals surface area contributed by atoms with E-state index in [0.717, 1.165) is 5.69 Å². The minimum atomic E-state index is -0.417. The molecular weight excluding hydrogens is 280 g/mol. The lowest BCUT2D eigenvalue weighted by atomic mass is 10.2. The summed E-state index contributed by atoms with van der Waals surface area (Å²) >= 11 is 5.90. The molecule has 0 fully saturated rings. The van der Waals surface area contributed by atoms with Gasteiger partial charge in [0, 0.05) is 23.3 Å². The number of aromatic amines is 2. The average molecular weight is 291 g/mol. The first-order chi connectivity index (χ1) is 9.65. The zero-order valence-corrected chi connectivity index (χ0v) is 11.1. The lowest BCUT2D eigenvalue weighted by Crippen LogP contribution is -2.14. The predicted octanol–water partition coefficient (Wildman–Crippen LogP) is 1.84. The molecule has 0 aliphatic heterocycles. The minimum Gasteiger partial charge on any atom is -0.493 e. The van der Waals surface area contributed by atoms with Gasteiger partial charge in [-0.15, -0.1) is 0 Å². The van der Waals surface area contributed by atoms with E-state index in [1.54, 1.807) is 36.8 Å². The highest BCUT2D eigenvalue weighted by molar-refractivity contribution is 6.30. The molecule has 2 aromatic heterocycles. The van der Waals surface area contributed by atoms with Gasteiger partial charge in [0.15, 0.2) is 0 Å². The molecule has 2 heterocycles. The summed E-state index contributed by atoms with van der Waals surface area (Å²) in [5, 5.41) is 10.7. The zero-order valence-electron chi connectivity index (χ0n) is 10.3. The van der Waals surface area contributed by atoms with E-state index in [2.05, 4.69) is 15.0 Å². The van der Waals surface area contributed by atoms with E-state index in [0.29, 0.717) is 22.8 Å². The van der Waals surface area contributed by atoms with Gasteiger partial charge >= 0.3 is 5.69 Å². The third-order valence-corrected chi connectivity index (χ3v) is 3.17. The number of halogens is 1. The molecule has 1 aromatic carbocycles. The van der Waals surface area contributed by atoms with Crippen molar-refractivity contribution in [3.63, 3.8) is 0 Å². The van der Waals surface area contributed by atoms with Crippen molar-refractivity contribution in [2.24, 2.45) is 0 Å². The van der Waals surface area contributed by atoms with Gasteiger partial charge < -0.3 is 15.1 Å². The predicted molar refractivity (Wildman–Crippen MR) is 74.5 cm³/mol. The van der Waals surface area contributed by atoms with Crippen molar-refractivity contribution >= 4 is 11.6 Å². The van der Waals surface area contributed by atoms with Crippen LogP contribution in [0.3, 0.4) is 0 Å². The second-order valence-electron chi connectivity index (χ2n) is 4.30. The van der Waals surface area contributed by atoms with Gasteiger partial charge in [-0.2, -0.15) is 0 Å². The summed E-state index contributed by atoms with van der Waals surface area (Å²) in [5.74, 6) is -0.133. The maximum Gasteiger partial charge on any atom is 0.333 e. The maximum atomic E-state index is 12.0. The summed E-state index contributed by atoms with van der Waals surface area (Å²) < 4.78 is 1.18. The second kappa shape index (κ2) is 4.90. The molecule has 0 bridgehead atoms. The number of rotatable bonds is 3. The van der Waals surface area contributed by atoms with E-state index in [1.807, 2.05) is 0 Å². The number of imidazole rings is 2. The Morgan fingerprint density at radius 2 is 2.25 bits per heavy atom. The van der Waals surface area contributed by atoms with Crippen LogP contribution in [0.1, 0.15) is 11.4 Å². The van der Waals surface area contributed by atoms with Crippen molar-refractivity contribution in [3.8, 4) is 11.6 Å². The van der Waals surface area contributed by atoms with Gasteiger partial charge in [-0.05, 0) is 18.2 Å². The van der Waals surface area contributed by atoms with Crippen molar-refractivity contribution in [2.75, 3.05) is 0 Å². The van der Waals surface area contributed by atoms with E-state index in [9.17, 15) is 9.90 Å². The third kappa shape index (κ3) is 2.21. The molecule has 0 aliphatic rings. The quantitative estimate of drug-likeness (QED) is 0.688. The molecule has 0 unspecified atom stereocenters. The monoisotopic (exact) mass is 290 g/mol. The number of H-pyrrole nitrogens is 2. The van der Waals surface area contributed by atoms with E-state index < -0.39 is 5.69 Å². The summed E-state index contributed by atoms with van der Waals surface area (Å²) in [6, 6.07) is 6.72. The average Bonchev–Trinajstić information content (AvgIpc) is 2.99. The molecule has 0 amide bonds. The largest absolute Gasteiger partial charge is 0.493 e. The fourth-order valence-corrected chi connectivity index (χ4v) is 2.21. The van der Waals surface area contributed by atoms with Gasteiger partial charge in [0.1, 0.15) is 0 Å². The molecule has 20 heavy (non-hydrogen) atoms. The normalized spacial score (nSPS) is 10.8. The summed E-state index contributed by atoms with van der Waals surface area (Å²) in [5.41, 5.74) is 1.30. The Kier molecular flexibility index (Phi) is 3.08. The Balaban J connectivity index is 2.05. The molecule has 0 atom stereocenters. The lowest BCUT2D eigenvalue weighted by molar-refractivity contribution is 0.435. The molecule has 3 aromatic rings. The Labute approximate surface area is 118 Å². The van der Waals surface area contributed by atoms with Crippen molar-refractivity contribution < 1.29 is 5.11 Å². The molecule has 0 spiro atoms. The standard InChI is InChI=1S/C13H11ClN4O2/c14-8-2-1-3-10(4-8)18-12(19)11(17-13(18)20)5-9-6-15-7-16-9/h1-4,6-7,19H,5H2,(H,15,16)(H,17,20). The van der Waals surface area contributed by atoms with Crippen molar-refractivity contribution in [1.82, 2.24) is 19.5 Å². The SMILES string of the molecule is O=c1[nH]c(Cc2cnc[nH]2)c(O)n1-c1cccc(Cl)c1. The molecule has 3 N–H and O–H groups in total. The Morgan fingerprint density at radius 3 is 2.95 bits per heavy atom. The van der Waals surface area contributed by atoms with E-state index in [4.69, 9.17) is 11.6 Å². The van der Waals surface area contributed by atoms with Crippen LogP contribution in [-0.2, 0) is 6.42 Å². The van der Waals surface area contributed by atoms with Crippen LogP contribution in [0, 0.1) is 0 Å². The molecule has 0 radical (unpaired) electrons. The Hall–Kier alpha value is -2.47. The van der Waals surface area contributed by atoms with Gasteiger partial charge in [-0.3, -0.25) is 0 Å². The molecule has 0 saturated carbocycles. The van der Waals surface area contributed by atoms with Crippen molar-refractivity contribution in [2.45, 2.75) is 6.42 Å². The molecule has 102 valence electrons. The van der Waals surface area contributed by atoms with Crippen molar-refractivity contribution in [3.05, 3.63) is 63.7 Å². The van der Waals surface area contributed by atoms with E-state index >= 15 is 0 Å². The highest BCUT2D eigenvalue weighted by Crippen LogP contribution is 2.22. The van der Waals surface area contributed by atoms with Crippen molar-refractivity contribution in [1.29, 1.82) is 0 Å². The Morgan fingerprint density at radius 1 is 1.40 bits per heavy atom. The highest BCUT2D eigenvalue weighted by Gasteiger charge is 2.15. The molecule has 0 aliphatic carbocycles. The van der Waals surface area contributed by atoms with Crippen LogP contribution in [0.5, 0.6) is 5.88 Å². The number of nitrogens with one attached hydrogen (secondary N) is 2. The van der Waals surface area contributed by atoms with Crippen LogP contribution in [-0.4, -0.2) is 24.6 Å². The van der Waals surface area contributed by atoms with Crippen LogP contribution in [0.25, 0.3) is 5.69 Å². The van der Waals surface area contributed by atoms with Gasteiger partial charge in [0.25, 0.3) is 0 Å². The van der Waals surface area contributed by atoms with Gasteiger partial charge in [0.2, 0.25) is 5.88 Å². The highest BCUT2D eigenvalue weighted by atomic mass is 35.5. The molecule has 3 rings (SSSR count). The van der Waals surface area contributed by atoms with E-state index in [-0.39, 0.29) is 5.88 Å². The lowest BCUT2D eigenvalue weighted by Gasteiger charge is -2.04. The summed E-state index contributed by atoms with van der Waals surface area (Å²) in [4.78, 5) is 21.4. The third-order valence-electron chi connectivity index (χ3n) is 2.93. The van der Waals surface area contributed by atoms with Gasteiger partial charge in [-0.1, -0.05) is 17.7 Å². The van der Waals surface area contributed by atoms with Crippen LogP contribution >= 0.6 is 11.6 Å². The Bertz CT molecular complexity index is 789. The smallest absolute Gasteiger partial charge is 0.333 e. The van der Waals surface area contributed by atoms with Crippen LogP contribution in [0.2, 0.25) is 5.02 Å². The van der Waals surface area contributed by atoms with E-state index in [1.165, 1.54) is 4.57 Å². The summed E-state index contributed by atoms with van der Waals surface area (Å²) in [6.45, 7) is 0. The van der Waals surface area contributed by atoms with Crippen LogP contribution < -0.4 is 5.69 Å². The van der Waals surface area contributed by atoms with Gasteiger partial charge in [0.05, 0.1) is 17.7 Å². The number of aromatic hydroxyl groups is 1.